The van der Waals surface area contributed by atoms with Gasteiger partial charge in [-0.15, -0.1) is 0 Å². The zero-order valence-corrected chi connectivity index (χ0v) is 14.8. The molecule has 2 unspecified atom stereocenters. The number of oxime groups is 1. The number of nitrogens with two attached hydrogens (primary N) is 1. The van der Waals surface area contributed by atoms with E-state index in [0.717, 1.165) is 6.42 Å². The quantitative estimate of drug-likeness (QED) is 0.328. The number of carboxylic acid groups (broad SMARTS) is 1. The van der Waals surface area contributed by atoms with Crippen molar-refractivity contribution >= 4 is 35.9 Å². The second-order valence-electron chi connectivity index (χ2n) is 6.02. The minimum atomic E-state index is -1.17. The van der Waals surface area contributed by atoms with Gasteiger partial charge < -0.3 is 21.0 Å². The van der Waals surface area contributed by atoms with Gasteiger partial charge in [-0.05, 0) is 24.5 Å². The molecule has 9 heteroatoms. The molecule has 0 fully saturated rings. The van der Waals surface area contributed by atoms with Crippen LogP contribution in [-0.2, 0) is 9.63 Å². The van der Waals surface area contributed by atoms with Crippen LogP contribution in [0.15, 0.2) is 46.2 Å². The molecular weight excluding hydrogens is 350 g/mol. The first-order valence-electron chi connectivity index (χ1n) is 8.27. The number of hydrogen-bond acceptors (Lipinski definition) is 7. The van der Waals surface area contributed by atoms with Gasteiger partial charge in [0.15, 0.2) is 0 Å². The van der Waals surface area contributed by atoms with Crippen molar-refractivity contribution in [2.24, 2.45) is 21.8 Å². The molecule has 0 bridgehead atoms. The lowest BCUT2D eigenvalue weighted by molar-refractivity contribution is -0.117. The summed E-state index contributed by atoms with van der Waals surface area (Å²) in [4.78, 5) is 32.3. The third kappa shape index (κ3) is 6.15. The number of para-hydroxylation sites is 1. The number of nitrogens with one attached hydrogen (secondary N) is 2. The molecule has 0 aliphatic carbocycles. The predicted molar refractivity (Wildman–Crippen MR) is 102 cm³/mol. The molecule has 1 aromatic carbocycles. The lowest BCUT2D eigenvalue weighted by Gasteiger charge is -2.13. The monoisotopic (exact) mass is 371 g/mol. The lowest BCUT2D eigenvalue weighted by Crippen LogP contribution is -2.37. The van der Waals surface area contributed by atoms with E-state index in [-0.39, 0.29) is 23.6 Å². The Balaban J connectivity index is 1.84. The minimum Gasteiger partial charge on any atom is -0.478 e. The molecule has 0 aromatic heterocycles. The van der Waals surface area contributed by atoms with E-state index in [1.54, 1.807) is 12.1 Å². The van der Waals surface area contributed by atoms with E-state index in [1.165, 1.54) is 18.3 Å². The molecule has 0 saturated heterocycles. The van der Waals surface area contributed by atoms with E-state index in [0.29, 0.717) is 11.6 Å². The number of aromatic carboxylic acids is 1. The fourth-order valence-corrected chi connectivity index (χ4v) is 2.20. The summed E-state index contributed by atoms with van der Waals surface area (Å²) >= 11 is 0. The topological polar surface area (TPSA) is 150 Å². The zero-order chi connectivity index (χ0) is 19.8. The number of anilines is 1. The van der Waals surface area contributed by atoms with Crippen molar-refractivity contribution in [2.75, 3.05) is 5.32 Å². The van der Waals surface area contributed by atoms with Crippen LogP contribution in [-0.4, -0.2) is 41.4 Å². The summed E-state index contributed by atoms with van der Waals surface area (Å²) in [7, 11) is 0. The van der Waals surface area contributed by atoms with Gasteiger partial charge in [0.1, 0.15) is 0 Å². The Hall–Kier alpha value is -3.33. The third-order valence-electron chi connectivity index (χ3n) is 3.68. The van der Waals surface area contributed by atoms with Crippen LogP contribution in [0.1, 0.15) is 30.1 Å². The highest BCUT2D eigenvalue weighted by molar-refractivity contribution is 6.03. The molecule has 1 aliphatic heterocycles. The maximum absolute atomic E-state index is 12.1. The highest BCUT2D eigenvalue weighted by Gasteiger charge is 2.19. The number of hydrogen-bond donors (Lipinski definition) is 4. The number of nitrogens with zero attached hydrogens (tertiary/aromatic N) is 2. The van der Waals surface area contributed by atoms with Gasteiger partial charge in [0.05, 0.1) is 35.6 Å². The fraction of sp³-hybridized carbons (Fsp3) is 0.278. The van der Waals surface area contributed by atoms with Crippen LogP contribution < -0.4 is 11.1 Å². The second-order valence-corrected chi connectivity index (χ2v) is 6.02. The van der Waals surface area contributed by atoms with Crippen molar-refractivity contribution in [3.8, 4) is 0 Å². The predicted octanol–water partition coefficient (Wildman–Crippen LogP) is 2.01. The van der Waals surface area contributed by atoms with Gasteiger partial charge in [-0.2, -0.15) is 0 Å². The Bertz CT molecular complexity index is 816. The van der Waals surface area contributed by atoms with Gasteiger partial charge in [0.25, 0.3) is 0 Å². The summed E-state index contributed by atoms with van der Waals surface area (Å²) in [5, 5.41) is 22.9. The molecule has 2 atom stereocenters. The van der Waals surface area contributed by atoms with Gasteiger partial charge >= 0.3 is 5.97 Å². The van der Waals surface area contributed by atoms with Gasteiger partial charge in [0.2, 0.25) is 11.8 Å². The normalized spacial score (nSPS) is 17.3. The molecule has 5 N–H and O–H groups in total. The Kier molecular flexibility index (Phi) is 6.95. The zero-order valence-electron chi connectivity index (χ0n) is 14.8. The smallest absolute Gasteiger partial charge is 0.337 e. The summed E-state index contributed by atoms with van der Waals surface area (Å²) < 4.78 is 0. The van der Waals surface area contributed by atoms with Crippen LogP contribution in [0, 0.1) is 11.3 Å². The Morgan fingerprint density at radius 2 is 2.26 bits per heavy atom. The highest BCUT2D eigenvalue weighted by atomic mass is 16.6. The van der Waals surface area contributed by atoms with Crippen molar-refractivity contribution in [3.05, 3.63) is 41.6 Å². The number of allylic oxidation sites excluding steroid dienone is 2. The largest absolute Gasteiger partial charge is 0.478 e. The molecule has 2 rings (SSSR count). The van der Waals surface area contributed by atoms with Crippen LogP contribution in [0.25, 0.3) is 0 Å². The number of aliphatic imine (C=N–C) groups is 1. The van der Waals surface area contributed by atoms with Crippen LogP contribution in [0.5, 0.6) is 0 Å². The Labute approximate surface area is 156 Å². The number of carbonyl (C=O) groups excluding carboxylic acids is 1. The second kappa shape index (κ2) is 9.39. The molecule has 0 saturated carbocycles. The first-order valence-corrected chi connectivity index (χ1v) is 8.27. The third-order valence-corrected chi connectivity index (χ3v) is 3.68. The van der Waals surface area contributed by atoms with E-state index in [1.807, 2.05) is 19.2 Å². The average Bonchev–Trinajstić information content (AvgIpc) is 2.63. The SMILES string of the molecule is CC1C=NC(/C=N/OC(=N)CC(N)C(=O)Nc2ccccc2C(=O)O)=CC1. The van der Waals surface area contributed by atoms with E-state index in [2.05, 4.69) is 15.5 Å². The fourth-order valence-electron chi connectivity index (χ4n) is 2.20. The van der Waals surface area contributed by atoms with Gasteiger partial charge in [-0.1, -0.05) is 30.3 Å². The summed E-state index contributed by atoms with van der Waals surface area (Å²) in [5.74, 6) is -1.72. The molecule has 1 amide bonds. The van der Waals surface area contributed by atoms with E-state index < -0.39 is 17.9 Å². The number of benzene rings is 1. The molecule has 9 nitrogen and oxygen atoms in total. The van der Waals surface area contributed by atoms with Gasteiger partial charge in [-0.25, -0.2) is 4.79 Å². The summed E-state index contributed by atoms with van der Waals surface area (Å²) in [6, 6.07) is 4.87. The van der Waals surface area contributed by atoms with E-state index >= 15 is 0 Å². The Morgan fingerprint density at radius 1 is 1.52 bits per heavy atom. The lowest BCUT2D eigenvalue weighted by atomic mass is 10.1. The molecule has 27 heavy (non-hydrogen) atoms. The first kappa shape index (κ1) is 20.0. The minimum absolute atomic E-state index is 0.0513. The van der Waals surface area contributed by atoms with Crippen molar-refractivity contribution in [1.29, 1.82) is 5.41 Å². The molecular formula is C18H21N5O4. The summed E-state index contributed by atoms with van der Waals surface area (Å²) in [6.45, 7) is 2.04. The average molecular weight is 371 g/mol. The highest BCUT2D eigenvalue weighted by Crippen LogP contribution is 2.15. The molecule has 1 aliphatic rings. The van der Waals surface area contributed by atoms with Crippen LogP contribution >= 0.6 is 0 Å². The van der Waals surface area contributed by atoms with Crippen LogP contribution in [0.2, 0.25) is 0 Å². The maximum Gasteiger partial charge on any atom is 0.337 e. The van der Waals surface area contributed by atoms with Crippen molar-refractivity contribution in [1.82, 2.24) is 0 Å². The number of amides is 1. The number of carboxylic acids is 1. The maximum atomic E-state index is 12.1. The molecule has 0 radical (unpaired) electrons. The van der Waals surface area contributed by atoms with Crippen LogP contribution in [0.3, 0.4) is 0 Å². The summed E-state index contributed by atoms with van der Waals surface area (Å²) in [6.07, 6.45) is 5.75. The Morgan fingerprint density at radius 3 is 2.93 bits per heavy atom. The standard InChI is InChI=1S/C18H21N5O4/c1-11-6-7-12(21-9-11)10-22-27-16(20)8-14(19)17(24)23-15-5-3-2-4-13(15)18(25)26/h2-5,7,9-11,14,20H,6,8,19H2,1H3,(H,23,24)(H,25,26)/b20-16?,22-10+. The van der Waals surface area contributed by atoms with Gasteiger partial charge in [-0.3, -0.25) is 15.2 Å². The number of rotatable bonds is 7. The number of carbonyl (C=O) groups is 2. The van der Waals surface area contributed by atoms with E-state index in [4.69, 9.17) is 21.1 Å². The first-order chi connectivity index (χ1) is 12.9. The van der Waals surface area contributed by atoms with Crippen molar-refractivity contribution < 1.29 is 19.5 Å². The van der Waals surface area contributed by atoms with Crippen molar-refractivity contribution in [3.63, 3.8) is 0 Å². The van der Waals surface area contributed by atoms with Crippen LogP contribution in [0.4, 0.5) is 5.69 Å². The summed E-state index contributed by atoms with van der Waals surface area (Å²) in [5.41, 5.74) is 6.47. The van der Waals surface area contributed by atoms with Crippen molar-refractivity contribution in [2.45, 2.75) is 25.8 Å². The molecule has 1 aromatic rings. The van der Waals surface area contributed by atoms with Gasteiger partial charge in [0, 0.05) is 6.21 Å². The molecule has 1 heterocycles. The molecule has 0 spiro atoms. The van der Waals surface area contributed by atoms with E-state index in [9.17, 15) is 9.59 Å². The molecule has 142 valence electrons.